The van der Waals surface area contributed by atoms with Crippen molar-refractivity contribution in [2.75, 3.05) is 26.3 Å². The Morgan fingerprint density at radius 1 is 1.40 bits per heavy atom. The van der Waals surface area contributed by atoms with Crippen molar-refractivity contribution in [3.8, 4) is 6.07 Å². The maximum atomic E-state index is 8.97. The minimum atomic E-state index is 0.133. The van der Waals surface area contributed by atoms with Crippen LogP contribution in [0.4, 0.5) is 0 Å². The van der Waals surface area contributed by atoms with Gasteiger partial charge in [-0.25, -0.2) is 0 Å². The third-order valence-corrected chi connectivity index (χ3v) is 2.93. The van der Waals surface area contributed by atoms with Crippen molar-refractivity contribution >= 4 is 0 Å². The second-order valence-corrected chi connectivity index (χ2v) is 4.14. The highest BCUT2D eigenvalue weighted by molar-refractivity contribution is 4.93. The fourth-order valence-electron chi connectivity index (χ4n) is 1.94. The predicted octanol–water partition coefficient (Wildman–Crippen LogP) is 2.18. The molecule has 0 N–H and O–H groups in total. The molecule has 3 nitrogen and oxygen atoms in total. The Morgan fingerprint density at radius 3 is 3.00 bits per heavy atom. The van der Waals surface area contributed by atoms with Crippen LogP contribution in [0.25, 0.3) is 0 Å². The maximum Gasteiger partial charge on any atom is 0.0978 e. The van der Waals surface area contributed by atoms with Crippen molar-refractivity contribution in [1.29, 1.82) is 5.26 Å². The number of ether oxygens (including phenoxy) is 1. The van der Waals surface area contributed by atoms with E-state index in [1.165, 1.54) is 19.3 Å². The first kappa shape index (κ1) is 12.5. The molecule has 0 spiro atoms. The van der Waals surface area contributed by atoms with Gasteiger partial charge in [-0.2, -0.15) is 5.26 Å². The number of hydrogen-bond acceptors (Lipinski definition) is 3. The van der Waals surface area contributed by atoms with Crippen molar-refractivity contribution in [2.24, 2.45) is 0 Å². The molecule has 0 aromatic rings. The van der Waals surface area contributed by atoms with E-state index in [1.807, 2.05) is 0 Å². The second-order valence-electron chi connectivity index (χ2n) is 4.14. The third-order valence-electron chi connectivity index (χ3n) is 2.93. The zero-order valence-corrected chi connectivity index (χ0v) is 9.74. The minimum absolute atomic E-state index is 0.133. The third kappa shape index (κ3) is 4.63. The Labute approximate surface area is 93.0 Å². The molecular weight excluding hydrogens is 188 g/mol. The summed E-state index contributed by atoms with van der Waals surface area (Å²) in [5.74, 6) is 0. The molecular formula is C12H22N2O. The van der Waals surface area contributed by atoms with Crippen LogP contribution < -0.4 is 0 Å². The van der Waals surface area contributed by atoms with Crippen LogP contribution in [0.5, 0.6) is 0 Å². The number of hydrogen-bond donors (Lipinski definition) is 0. The summed E-state index contributed by atoms with van der Waals surface area (Å²) in [7, 11) is 0. The number of unbranched alkanes of at least 4 members (excludes halogenated alkanes) is 1. The van der Waals surface area contributed by atoms with Crippen LogP contribution in [-0.4, -0.2) is 37.2 Å². The number of nitrogens with zero attached hydrogens (tertiary/aromatic N) is 2. The molecule has 0 aromatic carbocycles. The highest BCUT2D eigenvalue weighted by Crippen LogP contribution is 2.15. The second kappa shape index (κ2) is 7.67. The fourth-order valence-corrected chi connectivity index (χ4v) is 1.94. The summed E-state index contributed by atoms with van der Waals surface area (Å²) in [4.78, 5) is 2.26. The zero-order valence-electron chi connectivity index (χ0n) is 9.74. The first-order valence-electron chi connectivity index (χ1n) is 6.10. The van der Waals surface area contributed by atoms with Crippen molar-refractivity contribution in [3.63, 3.8) is 0 Å². The molecule has 1 aliphatic heterocycles. The molecule has 0 amide bonds. The van der Waals surface area contributed by atoms with Crippen LogP contribution in [0, 0.1) is 11.3 Å². The van der Waals surface area contributed by atoms with E-state index in [0.717, 1.165) is 39.1 Å². The van der Waals surface area contributed by atoms with Gasteiger partial charge in [0.25, 0.3) is 0 Å². The molecule has 15 heavy (non-hydrogen) atoms. The Hall–Kier alpha value is -0.590. The Balaban J connectivity index is 2.10. The van der Waals surface area contributed by atoms with E-state index in [1.54, 1.807) is 0 Å². The lowest BCUT2D eigenvalue weighted by Crippen LogP contribution is -2.40. The van der Waals surface area contributed by atoms with Crippen LogP contribution >= 0.6 is 0 Å². The van der Waals surface area contributed by atoms with Crippen LogP contribution in [0.1, 0.15) is 39.0 Å². The van der Waals surface area contributed by atoms with Crippen LogP contribution in [0.2, 0.25) is 0 Å². The number of piperidine rings is 1. The van der Waals surface area contributed by atoms with Gasteiger partial charge in [0.05, 0.1) is 18.7 Å². The first-order valence-corrected chi connectivity index (χ1v) is 6.10. The van der Waals surface area contributed by atoms with Crippen molar-refractivity contribution < 1.29 is 4.74 Å². The molecule has 0 aromatic heterocycles. The standard InChI is InChI=1S/C12H22N2O/c1-2-3-9-15-10-8-14-7-5-4-6-12(14)11-13/h12H,2-10H2,1H3. The number of rotatable bonds is 6. The van der Waals surface area contributed by atoms with E-state index in [-0.39, 0.29) is 6.04 Å². The highest BCUT2D eigenvalue weighted by atomic mass is 16.5. The van der Waals surface area contributed by atoms with Gasteiger partial charge >= 0.3 is 0 Å². The average molecular weight is 210 g/mol. The Morgan fingerprint density at radius 2 is 2.27 bits per heavy atom. The monoisotopic (exact) mass is 210 g/mol. The quantitative estimate of drug-likeness (QED) is 0.630. The summed E-state index contributed by atoms with van der Waals surface area (Å²) in [6, 6.07) is 2.51. The van der Waals surface area contributed by atoms with Crippen LogP contribution in [-0.2, 0) is 4.74 Å². The van der Waals surface area contributed by atoms with E-state index >= 15 is 0 Å². The molecule has 86 valence electrons. The van der Waals surface area contributed by atoms with Gasteiger partial charge in [0, 0.05) is 13.2 Å². The van der Waals surface area contributed by atoms with Crippen molar-refractivity contribution in [1.82, 2.24) is 4.90 Å². The van der Waals surface area contributed by atoms with Crippen LogP contribution in [0.15, 0.2) is 0 Å². The van der Waals surface area contributed by atoms with Gasteiger partial charge in [-0.05, 0) is 32.2 Å². The minimum Gasteiger partial charge on any atom is -0.380 e. The van der Waals surface area contributed by atoms with Gasteiger partial charge in [-0.1, -0.05) is 13.3 Å². The highest BCUT2D eigenvalue weighted by Gasteiger charge is 2.20. The fraction of sp³-hybridized carbons (Fsp3) is 0.917. The van der Waals surface area contributed by atoms with E-state index < -0.39 is 0 Å². The number of nitriles is 1. The zero-order chi connectivity index (χ0) is 10.9. The van der Waals surface area contributed by atoms with Crippen LogP contribution in [0.3, 0.4) is 0 Å². The molecule has 3 heteroatoms. The predicted molar refractivity (Wildman–Crippen MR) is 60.6 cm³/mol. The largest absolute Gasteiger partial charge is 0.380 e. The SMILES string of the molecule is CCCCOCCN1CCCCC1C#N. The lowest BCUT2D eigenvalue weighted by Gasteiger charge is -2.30. The van der Waals surface area contributed by atoms with E-state index in [0.29, 0.717) is 0 Å². The maximum absolute atomic E-state index is 8.97. The molecule has 0 aliphatic carbocycles. The average Bonchev–Trinajstić information content (AvgIpc) is 2.29. The summed E-state index contributed by atoms with van der Waals surface area (Å²) in [6.45, 7) is 5.79. The van der Waals surface area contributed by atoms with E-state index in [2.05, 4.69) is 17.9 Å². The van der Waals surface area contributed by atoms with E-state index in [9.17, 15) is 0 Å². The lowest BCUT2D eigenvalue weighted by atomic mass is 10.0. The topological polar surface area (TPSA) is 36.3 Å². The van der Waals surface area contributed by atoms with E-state index in [4.69, 9.17) is 10.00 Å². The first-order chi connectivity index (χ1) is 7.38. The normalized spacial score (nSPS) is 22.5. The molecule has 0 saturated carbocycles. The lowest BCUT2D eigenvalue weighted by molar-refractivity contribution is 0.0830. The molecule has 0 bridgehead atoms. The molecule has 0 radical (unpaired) electrons. The van der Waals surface area contributed by atoms with Gasteiger partial charge in [-0.15, -0.1) is 0 Å². The van der Waals surface area contributed by atoms with Crippen molar-refractivity contribution in [3.05, 3.63) is 0 Å². The summed E-state index contributed by atoms with van der Waals surface area (Å²) in [5.41, 5.74) is 0. The molecule has 1 atom stereocenters. The molecule has 1 aliphatic rings. The molecule has 1 heterocycles. The van der Waals surface area contributed by atoms with Gasteiger partial charge in [0.15, 0.2) is 0 Å². The number of likely N-dealkylation sites (tertiary alicyclic amines) is 1. The summed E-state index contributed by atoms with van der Waals surface area (Å²) >= 11 is 0. The van der Waals surface area contributed by atoms with Gasteiger partial charge in [0.2, 0.25) is 0 Å². The van der Waals surface area contributed by atoms with Gasteiger partial charge in [-0.3, -0.25) is 4.90 Å². The Kier molecular flexibility index (Phi) is 6.38. The molecule has 1 saturated heterocycles. The molecule has 1 fully saturated rings. The van der Waals surface area contributed by atoms with Gasteiger partial charge < -0.3 is 4.74 Å². The smallest absolute Gasteiger partial charge is 0.0978 e. The van der Waals surface area contributed by atoms with Crippen molar-refractivity contribution in [2.45, 2.75) is 45.1 Å². The Bertz CT molecular complexity index is 200. The van der Waals surface area contributed by atoms with Gasteiger partial charge in [0.1, 0.15) is 0 Å². The molecule has 1 rings (SSSR count). The molecule has 1 unspecified atom stereocenters. The summed E-state index contributed by atoms with van der Waals surface area (Å²) in [6.07, 6.45) is 5.79. The summed E-state index contributed by atoms with van der Waals surface area (Å²) < 4.78 is 5.52. The summed E-state index contributed by atoms with van der Waals surface area (Å²) in [5, 5.41) is 8.97.